The molecule has 2 heterocycles. The number of hydrogen-bond donors (Lipinski definition) is 2. The molecule has 0 radical (unpaired) electrons. The predicted octanol–water partition coefficient (Wildman–Crippen LogP) is -0.248. The van der Waals surface area contributed by atoms with Crippen LogP contribution in [0.3, 0.4) is 0 Å². The Morgan fingerprint density at radius 1 is 1.67 bits per heavy atom. The van der Waals surface area contributed by atoms with Gasteiger partial charge in [-0.05, 0) is 18.6 Å². The van der Waals surface area contributed by atoms with E-state index in [0.29, 0.717) is 30.9 Å². The summed E-state index contributed by atoms with van der Waals surface area (Å²) < 4.78 is 0. The molecule has 0 aromatic carbocycles. The molecular weight excluding hydrogens is 194 g/mol. The molecule has 1 aromatic rings. The van der Waals surface area contributed by atoms with Gasteiger partial charge in [0.1, 0.15) is 5.82 Å². The summed E-state index contributed by atoms with van der Waals surface area (Å²) in [5.74, 6) is 0.0843. The molecule has 1 atom stereocenters. The third-order valence-corrected chi connectivity index (χ3v) is 2.52. The highest BCUT2D eigenvalue weighted by atomic mass is 16.3. The number of pyridine rings is 1. The van der Waals surface area contributed by atoms with Crippen molar-refractivity contribution in [3.05, 3.63) is 23.9 Å². The number of nitrogens with two attached hydrogens (primary N) is 1. The van der Waals surface area contributed by atoms with Crippen LogP contribution in [-0.2, 0) is 0 Å². The number of nitrogens with zero attached hydrogens (tertiary/aromatic N) is 2. The summed E-state index contributed by atoms with van der Waals surface area (Å²) >= 11 is 0. The summed E-state index contributed by atoms with van der Waals surface area (Å²) in [5, 5.41) is 9.40. The maximum atomic E-state index is 11.2. The fourth-order valence-corrected chi connectivity index (χ4v) is 1.78. The fourth-order valence-electron chi connectivity index (χ4n) is 1.78. The van der Waals surface area contributed by atoms with Crippen LogP contribution in [0.1, 0.15) is 16.8 Å². The maximum Gasteiger partial charge on any atom is 0.252 e. The number of rotatable bonds is 2. The number of aliphatic hydroxyl groups excluding tert-OH is 1. The quantitative estimate of drug-likeness (QED) is 0.701. The first-order chi connectivity index (χ1) is 7.18. The number of primary amides is 1. The summed E-state index contributed by atoms with van der Waals surface area (Å²) in [6.45, 7) is 1.22. The molecule has 5 heteroatoms. The number of aromatic nitrogens is 1. The van der Waals surface area contributed by atoms with Crippen LogP contribution in [0.2, 0.25) is 0 Å². The van der Waals surface area contributed by atoms with E-state index in [-0.39, 0.29) is 6.10 Å². The number of amides is 1. The Kier molecular flexibility index (Phi) is 2.55. The minimum Gasteiger partial charge on any atom is -0.391 e. The largest absolute Gasteiger partial charge is 0.391 e. The lowest BCUT2D eigenvalue weighted by Gasteiger charge is -2.18. The third kappa shape index (κ3) is 1.92. The third-order valence-electron chi connectivity index (χ3n) is 2.52. The first-order valence-corrected chi connectivity index (χ1v) is 4.86. The van der Waals surface area contributed by atoms with Gasteiger partial charge in [0.25, 0.3) is 5.91 Å². The lowest BCUT2D eigenvalue weighted by molar-refractivity contribution is 0.100. The second-order valence-electron chi connectivity index (χ2n) is 3.63. The minimum atomic E-state index is -0.487. The van der Waals surface area contributed by atoms with Crippen LogP contribution in [0, 0.1) is 0 Å². The van der Waals surface area contributed by atoms with E-state index in [2.05, 4.69) is 4.98 Å². The maximum absolute atomic E-state index is 11.2. The van der Waals surface area contributed by atoms with Crippen LogP contribution in [-0.4, -0.2) is 35.2 Å². The van der Waals surface area contributed by atoms with Gasteiger partial charge >= 0.3 is 0 Å². The molecule has 1 aliphatic heterocycles. The molecule has 2 rings (SSSR count). The van der Waals surface area contributed by atoms with Crippen LogP contribution in [0.15, 0.2) is 18.3 Å². The van der Waals surface area contributed by atoms with Crippen molar-refractivity contribution in [3.8, 4) is 0 Å². The van der Waals surface area contributed by atoms with E-state index in [1.807, 2.05) is 4.90 Å². The Hall–Kier alpha value is -1.62. The molecule has 1 fully saturated rings. The van der Waals surface area contributed by atoms with E-state index in [4.69, 9.17) is 5.73 Å². The van der Waals surface area contributed by atoms with Crippen LogP contribution in [0.25, 0.3) is 0 Å². The normalized spacial score (nSPS) is 20.6. The van der Waals surface area contributed by atoms with E-state index in [1.165, 1.54) is 0 Å². The van der Waals surface area contributed by atoms with E-state index in [1.54, 1.807) is 18.3 Å². The fraction of sp³-hybridized carbons (Fsp3) is 0.400. The van der Waals surface area contributed by atoms with Gasteiger partial charge in [-0.25, -0.2) is 4.98 Å². The Balaban J connectivity index is 2.31. The highest BCUT2D eigenvalue weighted by Gasteiger charge is 2.24. The SMILES string of the molecule is NC(=O)c1cccnc1N1CCC(O)C1. The number of carbonyl (C=O) groups is 1. The number of hydrogen-bond acceptors (Lipinski definition) is 4. The van der Waals surface area contributed by atoms with Crippen molar-refractivity contribution < 1.29 is 9.90 Å². The van der Waals surface area contributed by atoms with E-state index in [9.17, 15) is 9.90 Å². The van der Waals surface area contributed by atoms with Gasteiger partial charge in [-0.15, -0.1) is 0 Å². The Bertz CT molecular complexity index is 381. The van der Waals surface area contributed by atoms with Crippen molar-refractivity contribution in [3.63, 3.8) is 0 Å². The smallest absolute Gasteiger partial charge is 0.252 e. The molecule has 1 amide bonds. The lowest BCUT2D eigenvalue weighted by Crippen LogP contribution is -2.26. The molecule has 1 saturated heterocycles. The van der Waals surface area contributed by atoms with Gasteiger partial charge in [0, 0.05) is 19.3 Å². The van der Waals surface area contributed by atoms with Crippen molar-refractivity contribution in [2.75, 3.05) is 18.0 Å². The van der Waals surface area contributed by atoms with Gasteiger partial charge in [0.2, 0.25) is 0 Å². The highest BCUT2D eigenvalue weighted by molar-refractivity contribution is 5.97. The Morgan fingerprint density at radius 3 is 3.07 bits per heavy atom. The second-order valence-corrected chi connectivity index (χ2v) is 3.63. The van der Waals surface area contributed by atoms with Gasteiger partial charge in [-0.2, -0.15) is 0 Å². The first-order valence-electron chi connectivity index (χ1n) is 4.86. The van der Waals surface area contributed by atoms with Gasteiger partial charge in [0.15, 0.2) is 0 Å². The summed E-state index contributed by atoms with van der Waals surface area (Å²) in [4.78, 5) is 17.2. The molecular formula is C10H13N3O2. The van der Waals surface area contributed by atoms with Gasteiger partial charge < -0.3 is 15.7 Å². The summed E-state index contributed by atoms with van der Waals surface area (Å²) in [5.41, 5.74) is 5.66. The van der Waals surface area contributed by atoms with Crippen molar-refractivity contribution in [1.82, 2.24) is 4.98 Å². The van der Waals surface area contributed by atoms with Crippen molar-refractivity contribution in [2.45, 2.75) is 12.5 Å². The summed E-state index contributed by atoms with van der Waals surface area (Å²) in [6.07, 6.45) is 1.98. The lowest BCUT2D eigenvalue weighted by atomic mass is 10.2. The zero-order valence-corrected chi connectivity index (χ0v) is 8.26. The minimum absolute atomic E-state index is 0.340. The average Bonchev–Trinajstić information content (AvgIpc) is 2.65. The molecule has 0 saturated carbocycles. The zero-order chi connectivity index (χ0) is 10.8. The van der Waals surface area contributed by atoms with Crippen LogP contribution in [0.5, 0.6) is 0 Å². The molecule has 15 heavy (non-hydrogen) atoms. The zero-order valence-electron chi connectivity index (χ0n) is 8.26. The highest BCUT2D eigenvalue weighted by Crippen LogP contribution is 2.21. The molecule has 5 nitrogen and oxygen atoms in total. The molecule has 0 bridgehead atoms. The predicted molar refractivity (Wildman–Crippen MR) is 55.6 cm³/mol. The molecule has 1 unspecified atom stereocenters. The standard InChI is InChI=1S/C10H13N3O2/c11-9(15)8-2-1-4-12-10(8)13-5-3-7(14)6-13/h1-2,4,7,14H,3,5-6H2,(H2,11,15). The number of anilines is 1. The van der Waals surface area contributed by atoms with Crippen molar-refractivity contribution >= 4 is 11.7 Å². The number of aliphatic hydroxyl groups is 1. The summed E-state index contributed by atoms with van der Waals surface area (Å²) in [7, 11) is 0. The molecule has 80 valence electrons. The van der Waals surface area contributed by atoms with Crippen molar-refractivity contribution in [2.24, 2.45) is 5.73 Å². The van der Waals surface area contributed by atoms with E-state index < -0.39 is 5.91 Å². The van der Waals surface area contributed by atoms with Crippen LogP contribution in [0.4, 0.5) is 5.82 Å². The topological polar surface area (TPSA) is 79.5 Å². The molecule has 1 aliphatic rings. The van der Waals surface area contributed by atoms with Crippen LogP contribution >= 0.6 is 0 Å². The molecule has 1 aromatic heterocycles. The molecule has 3 N–H and O–H groups in total. The summed E-state index contributed by atoms with van der Waals surface area (Å²) in [6, 6.07) is 3.32. The molecule has 0 aliphatic carbocycles. The number of β-amino-alcohol motifs (C(OH)–C–C–N with tert-alkyl or cyclic N) is 1. The second kappa shape index (κ2) is 3.86. The first kappa shape index (κ1) is 9.92. The van der Waals surface area contributed by atoms with Crippen LogP contribution < -0.4 is 10.6 Å². The van der Waals surface area contributed by atoms with Gasteiger partial charge in [0.05, 0.1) is 11.7 Å². The van der Waals surface area contributed by atoms with Gasteiger partial charge in [-0.3, -0.25) is 4.79 Å². The van der Waals surface area contributed by atoms with Gasteiger partial charge in [-0.1, -0.05) is 0 Å². The van der Waals surface area contributed by atoms with E-state index in [0.717, 1.165) is 0 Å². The van der Waals surface area contributed by atoms with Crippen molar-refractivity contribution in [1.29, 1.82) is 0 Å². The average molecular weight is 207 g/mol. The molecule has 0 spiro atoms. The van der Waals surface area contributed by atoms with E-state index >= 15 is 0 Å². The Morgan fingerprint density at radius 2 is 2.47 bits per heavy atom. The Labute approximate surface area is 87.5 Å². The monoisotopic (exact) mass is 207 g/mol. The number of carbonyl (C=O) groups excluding carboxylic acids is 1.